The van der Waals surface area contributed by atoms with Crippen molar-refractivity contribution in [3.05, 3.63) is 75.6 Å². The molecule has 0 atom stereocenters. The van der Waals surface area contributed by atoms with Crippen molar-refractivity contribution in [1.29, 1.82) is 0 Å². The molecule has 0 spiro atoms. The Morgan fingerprint density at radius 1 is 1.15 bits per heavy atom. The fraction of sp³-hybridized carbons (Fsp3) is 0.111. The zero-order valence-electron chi connectivity index (χ0n) is 14.2. The van der Waals surface area contributed by atoms with E-state index in [1.165, 1.54) is 6.33 Å². The van der Waals surface area contributed by atoms with Gasteiger partial charge in [-0.1, -0.05) is 29.8 Å². The minimum Gasteiger partial charge on any atom is -0.334 e. The summed E-state index contributed by atoms with van der Waals surface area (Å²) in [5, 5.41) is 15.4. The maximum Gasteiger partial charge on any atom is 0.354 e. The molecule has 0 aliphatic heterocycles. The van der Waals surface area contributed by atoms with Crippen LogP contribution in [0.2, 0.25) is 5.02 Å². The zero-order valence-corrected chi connectivity index (χ0v) is 14.9. The van der Waals surface area contributed by atoms with E-state index in [1.807, 2.05) is 37.3 Å². The number of nitrogens with zero attached hydrogens (tertiary/aromatic N) is 4. The highest BCUT2D eigenvalue weighted by Gasteiger charge is 2.26. The number of aryl methyl sites for hydroxylation is 1. The summed E-state index contributed by atoms with van der Waals surface area (Å²) in [6.45, 7) is 1.86. The summed E-state index contributed by atoms with van der Waals surface area (Å²) >= 11 is 5.97. The lowest BCUT2D eigenvalue weighted by Gasteiger charge is -2.19. The standard InChI is InChI=1S/C18H16ClN5O2/c1-12-10-13(19)8-9-15(12)22-17-16(24(25)26)18(21-11-20-17)23(2)14-6-4-3-5-7-14/h3-11H,1-2H3,(H,20,21,22). The topological polar surface area (TPSA) is 84.2 Å². The van der Waals surface area contributed by atoms with Crippen LogP contribution in [0, 0.1) is 17.0 Å². The minimum absolute atomic E-state index is 0.119. The Hall–Kier alpha value is -3.19. The number of nitrogens with one attached hydrogen (secondary N) is 1. The second-order valence-electron chi connectivity index (χ2n) is 5.63. The Morgan fingerprint density at radius 3 is 2.54 bits per heavy atom. The van der Waals surface area contributed by atoms with Gasteiger partial charge in [-0.15, -0.1) is 0 Å². The van der Waals surface area contributed by atoms with Gasteiger partial charge in [0, 0.05) is 23.4 Å². The molecular weight excluding hydrogens is 354 g/mol. The number of aromatic nitrogens is 2. The quantitative estimate of drug-likeness (QED) is 0.510. The van der Waals surface area contributed by atoms with Crippen molar-refractivity contribution >= 4 is 40.3 Å². The van der Waals surface area contributed by atoms with Gasteiger partial charge in [0.1, 0.15) is 6.33 Å². The van der Waals surface area contributed by atoms with Gasteiger partial charge >= 0.3 is 5.69 Å². The number of hydrogen-bond acceptors (Lipinski definition) is 6. The Kier molecular flexibility index (Phi) is 4.99. The van der Waals surface area contributed by atoms with Gasteiger partial charge in [-0.3, -0.25) is 10.1 Å². The van der Waals surface area contributed by atoms with Gasteiger partial charge < -0.3 is 10.2 Å². The first-order valence-corrected chi connectivity index (χ1v) is 8.16. The lowest BCUT2D eigenvalue weighted by Crippen LogP contribution is -2.15. The van der Waals surface area contributed by atoms with E-state index in [4.69, 9.17) is 11.6 Å². The fourth-order valence-electron chi connectivity index (χ4n) is 2.54. The molecule has 7 nitrogen and oxygen atoms in total. The maximum atomic E-state index is 11.7. The van der Waals surface area contributed by atoms with Crippen molar-refractivity contribution < 1.29 is 4.92 Å². The van der Waals surface area contributed by atoms with E-state index >= 15 is 0 Å². The zero-order chi connectivity index (χ0) is 18.7. The molecule has 132 valence electrons. The predicted molar refractivity (Wildman–Crippen MR) is 103 cm³/mol. The van der Waals surface area contributed by atoms with Crippen LogP contribution in [0.3, 0.4) is 0 Å². The third-order valence-electron chi connectivity index (χ3n) is 3.89. The summed E-state index contributed by atoms with van der Waals surface area (Å²) in [5.41, 5.74) is 2.11. The van der Waals surface area contributed by atoms with Gasteiger partial charge in [0.2, 0.25) is 11.6 Å². The molecule has 0 bridgehead atoms. The second kappa shape index (κ2) is 7.37. The van der Waals surface area contributed by atoms with E-state index in [2.05, 4.69) is 15.3 Å². The third kappa shape index (κ3) is 3.57. The lowest BCUT2D eigenvalue weighted by atomic mass is 10.2. The van der Waals surface area contributed by atoms with E-state index in [-0.39, 0.29) is 17.3 Å². The first-order chi connectivity index (χ1) is 12.5. The Bertz CT molecular complexity index is 950. The summed E-state index contributed by atoms with van der Waals surface area (Å²) in [7, 11) is 1.72. The SMILES string of the molecule is Cc1cc(Cl)ccc1Nc1ncnc(N(C)c2ccccc2)c1[N+](=O)[O-]. The summed E-state index contributed by atoms with van der Waals surface area (Å²) in [6, 6.07) is 14.5. The summed E-state index contributed by atoms with van der Waals surface area (Å²) in [4.78, 5) is 21.1. The van der Waals surface area contributed by atoms with E-state index in [1.54, 1.807) is 30.1 Å². The number of benzene rings is 2. The molecule has 0 saturated carbocycles. The van der Waals surface area contributed by atoms with Crippen LogP contribution in [0.15, 0.2) is 54.9 Å². The molecular formula is C18H16ClN5O2. The number of halogens is 1. The molecule has 0 saturated heterocycles. The molecule has 0 fully saturated rings. The number of anilines is 4. The van der Waals surface area contributed by atoms with Crippen molar-refractivity contribution in [3.63, 3.8) is 0 Å². The smallest absolute Gasteiger partial charge is 0.334 e. The molecule has 1 heterocycles. The van der Waals surface area contributed by atoms with Gasteiger partial charge in [0.15, 0.2) is 0 Å². The number of nitro groups is 1. The molecule has 0 aliphatic carbocycles. The van der Waals surface area contributed by atoms with E-state index in [0.29, 0.717) is 10.7 Å². The van der Waals surface area contributed by atoms with Crippen LogP contribution in [-0.4, -0.2) is 21.9 Å². The molecule has 1 aromatic heterocycles. The van der Waals surface area contributed by atoms with Gasteiger partial charge in [0.25, 0.3) is 0 Å². The maximum absolute atomic E-state index is 11.7. The Labute approximate surface area is 155 Å². The highest BCUT2D eigenvalue weighted by atomic mass is 35.5. The van der Waals surface area contributed by atoms with Crippen LogP contribution in [0.1, 0.15) is 5.56 Å². The summed E-state index contributed by atoms with van der Waals surface area (Å²) in [5.74, 6) is 0.318. The molecule has 1 N–H and O–H groups in total. The molecule has 8 heteroatoms. The lowest BCUT2D eigenvalue weighted by molar-refractivity contribution is -0.383. The Balaban J connectivity index is 2.05. The van der Waals surface area contributed by atoms with E-state index < -0.39 is 4.92 Å². The molecule has 3 rings (SSSR count). The van der Waals surface area contributed by atoms with E-state index in [0.717, 1.165) is 11.3 Å². The number of hydrogen-bond donors (Lipinski definition) is 1. The summed E-state index contributed by atoms with van der Waals surface area (Å²) < 4.78 is 0. The second-order valence-corrected chi connectivity index (χ2v) is 6.07. The Morgan fingerprint density at radius 2 is 1.88 bits per heavy atom. The van der Waals surface area contributed by atoms with E-state index in [9.17, 15) is 10.1 Å². The molecule has 0 radical (unpaired) electrons. The average molecular weight is 370 g/mol. The molecule has 2 aromatic carbocycles. The van der Waals surface area contributed by atoms with Crippen molar-refractivity contribution in [2.45, 2.75) is 6.92 Å². The van der Waals surface area contributed by atoms with Gasteiger partial charge in [-0.2, -0.15) is 0 Å². The number of para-hydroxylation sites is 1. The highest BCUT2D eigenvalue weighted by Crippen LogP contribution is 2.36. The van der Waals surface area contributed by atoms with Crippen molar-refractivity contribution in [2.24, 2.45) is 0 Å². The van der Waals surface area contributed by atoms with Crippen molar-refractivity contribution in [1.82, 2.24) is 9.97 Å². The molecule has 3 aromatic rings. The van der Waals surface area contributed by atoms with Crippen LogP contribution in [-0.2, 0) is 0 Å². The number of rotatable bonds is 5. The van der Waals surface area contributed by atoms with Gasteiger partial charge in [-0.05, 0) is 42.8 Å². The van der Waals surface area contributed by atoms with Crippen LogP contribution < -0.4 is 10.2 Å². The molecule has 0 amide bonds. The predicted octanol–water partition coefficient (Wildman–Crippen LogP) is 4.86. The van der Waals surface area contributed by atoms with Crippen LogP contribution in [0.5, 0.6) is 0 Å². The molecule has 0 aliphatic rings. The van der Waals surface area contributed by atoms with Crippen LogP contribution >= 0.6 is 11.6 Å². The first kappa shape index (κ1) is 17.6. The monoisotopic (exact) mass is 369 g/mol. The molecule has 0 unspecified atom stereocenters. The third-order valence-corrected chi connectivity index (χ3v) is 4.12. The molecule has 26 heavy (non-hydrogen) atoms. The fourth-order valence-corrected chi connectivity index (χ4v) is 2.77. The van der Waals surface area contributed by atoms with Crippen LogP contribution in [0.25, 0.3) is 0 Å². The van der Waals surface area contributed by atoms with Gasteiger partial charge in [0.05, 0.1) is 4.92 Å². The van der Waals surface area contributed by atoms with Gasteiger partial charge in [-0.25, -0.2) is 9.97 Å². The highest BCUT2D eigenvalue weighted by molar-refractivity contribution is 6.30. The largest absolute Gasteiger partial charge is 0.354 e. The average Bonchev–Trinajstić information content (AvgIpc) is 2.63. The first-order valence-electron chi connectivity index (χ1n) is 7.78. The summed E-state index contributed by atoms with van der Waals surface area (Å²) in [6.07, 6.45) is 1.30. The van der Waals surface area contributed by atoms with Crippen molar-refractivity contribution in [3.8, 4) is 0 Å². The normalized spacial score (nSPS) is 10.4. The van der Waals surface area contributed by atoms with Crippen LogP contribution in [0.4, 0.5) is 28.7 Å². The minimum atomic E-state index is -0.484. The van der Waals surface area contributed by atoms with Crippen molar-refractivity contribution in [2.75, 3.05) is 17.3 Å².